The van der Waals surface area contributed by atoms with Gasteiger partial charge in [0, 0.05) is 13.1 Å². The first kappa shape index (κ1) is 10.3. The highest BCUT2D eigenvalue weighted by Crippen LogP contribution is 2.26. The molecule has 2 aromatic rings. The standard InChI is InChI=1S/C11H14N4O2/c1-16-11-13-8-6-12-7-9(10(8)14-11)15-2-4-17-5-3-15/h6-7H,2-5H2,1H3,(H,13,14). The molecule has 0 aliphatic carbocycles. The van der Waals surface area contributed by atoms with E-state index in [-0.39, 0.29) is 0 Å². The van der Waals surface area contributed by atoms with Crippen LogP contribution >= 0.6 is 0 Å². The van der Waals surface area contributed by atoms with Crippen molar-refractivity contribution in [3.05, 3.63) is 12.4 Å². The van der Waals surface area contributed by atoms with Gasteiger partial charge in [-0.15, -0.1) is 0 Å². The van der Waals surface area contributed by atoms with E-state index >= 15 is 0 Å². The number of rotatable bonds is 2. The van der Waals surface area contributed by atoms with Crippen LogP contribution in [0.4, 0.5) is 5.69 Å². The molecule has 3 rings (SSSR count). The number of H-pyrrole nitrogens is 1. The molecule has 1 fully saturated rings. The van der Waals surface area contributed by atoms with E-state index < -0.39 is 0 Å². The minimum absolute atomic E-state index is 0.516. The molecular formula is C11H14N4O2. The van der Waals surface area contributed by atoms with E-state index in [1.165, 1.54) is 0 Å². The molecule has 17 heavy (non-hydrogen) atoms. The number of morpholine rings is 1. The van der Waals surface area contributed by atoms with E-state index in [0.717, 1.165) is 43.0 Å². The summed E-state index contributed by atoms with van der Waals surface area (Å²) in [4.78, 5) is 13.9. The largest absolute Gasteiger partial charge is 0.468 e. The van der Waals surface area contributed by atoms with Crippen molar-refractivity contribution in [2.45, 2.75) is 0 Å². The van der Waals surface area contributed by atoms with Crippen LogP contribution in [-0.4, -0.2) is 48.4 Å². The number of hydrogen-bond donors (Lipinski definition) is 1. The maximum absolute atomic E-state index is 5.34. The number of pyridine rings is 1. The molecule has 0 saturated carbocycles. The SMILES string of the molecule is COc1nc2c(N3CCOCC3)cncc2[nH]1. The molecule has 6 heteroatoms. The fourth-order valence-electron chi connectivity index (χ4n) is 2.03. The summed E-state index contributed by atoms with van der Waals surface area (Å²) in [6.45, 7) is 3.24. The highest BCUT2D eigenvalue weighted by atomic mass is 16.5. The Morgan fingerprint density at radius 3 is 2.94 bits per heavy atom. The lowest BCUT2D eigenvalue weighted by Gasteiger charge is -2.28. The molecule has 1 saturated heterocycles. The molecule has 2 aromatic heterocycles. The summed E-state index contributed by atoms with van der Waals surface area (Å²) in [5.74, 6) is 0. The van der Waals surface area contributed by atoms with Gasteiger partial charge in [0.2, 0.25) is 0 Å². The van der Waals surface area contributed by atoms with Crippen molar-refractivity contribution in [1.82, 2.24) is 15.0 Å². The van der Waals surface area contributed by atoms with Crippen LogP contribution in [0.3, 0.4) is 0 Å². The normalized spacial score (nSPS) is 16.4. The highest BCUT2D eigenvalue weighted by molar-refractivity contribution is 5.88. The zero-order valence-corrected chi connectivity index (χ0v) is 9.64. The number of nitrogens with one attached hydrogen (secondary N) is 1. The van der Waals surface area contributed by atoms with Crippen LogP contribution < -0.4 is 9.64 Å². The topological polar surface area (TPSA) is 63.3 Å². The van der Waals surface area contributed by atoms with E-state index in [1.54, 1.807) is 13.3 Å². The van der Waals surface area contributed by atoms with Gasteiger partial charge in [-0.2, -0.15) is 4.98 Å². The monoisotopic (exact) mass is 234 g/mol. The number of anilines is 1. The number of hydrogen-bond acceptors (Lipinski definition) is 5. The molecule has 1 N–H and O–H groups in total. The third-order valence-electron chi connectivity index (χ3n) is 2.90. The first-order chi connectivity index (χ1) is 8.38. The first-order valence-corrected chi connectivity index (χ1v) is 5.59. The highest BCUT2D eigenvalue weighted by Gasteiger charge is 2.16. The minimum Gasteiger partial charge on any atom is -0.468 e. The van der Waals surface area contributed by atoms with Crippen LogP contribution in [0.15, 0.2) is 12.4 Å². The second-order valence-electron chi connectivity index (χ2n) is 3.90. The number of fused-ring (bicyclic) bond motifs is 1. The van der Waals surface area contributed by atoms with Gasteiger partial charge in [-0.1, -0.05) is 0 Å². The minimum atomic E-state index is 0.516. The quantitative estimate of drug-likeness (QED) is 0.832. The summed E-state index contributed by atoms with van der Waals surface area (Å²) in [5.41, 5.74) is 2.83. The molecule has 0 atom stereocenters. The Bertz CT molecular complexity index is 519. The molecule has 1 aliphatic heterocycles. The second kappa shape index (κ2) is 4.21. The summed E-state index contributed by atoms with van der Waals surface area (Å²) in [6, 6.07) is 0.516. The molecule has 0 amide bonds. The average Bonchev–Trinajstić information content (AvgIpc) is 2.82. The molecule has 90 valence electrons. The molecule has 0 spiro atoms. The van der Waals surface area contributed by atoms with Crippen molar-refractivity contribution in [3.63, 3.8) is 0 Å². The Hall–Kier alpha value is -1.82. The number of aromatic nitrogens is 3. The van der Waals surface area contributed by atoms with E-state index in [1.807, 2.05) is 6.20 Å². The maximum atomic E-state index is 5.34. The number of imidazole rings is 1. The van der Waals surface area contributed by atoms with Crippen LogP contribution in [0.25, 0.3) is 11.0 Å². The van der Waals surface area contributed by atoms with Gasteiger partial charge in [0.15, 0.2) is 0 Å². The number of methoxy groups -OCH3 is 1. The third kappa shape index (κ3) is 1.80. The van der Waals surface area contributed by atoms with Crippen molar-refractivity contribution in [2.75, 3.05) is 38.3 Å². The Morgan fingerprint density at radius 1 is 1.35 bits per heavy atom. The summed E-state index contributed by atoms with van der Waals surface area (Å²) in [6.07, 6.45) is 3.60. The lowest BCUT2D eigenvalue weighted by Crippen LogP contribution is -2.36. The lowest BCUT2D eigenvalue weighted by molar-refractivity contribution is 0.123. The molecule has 0 bridgehead atoms. The predicted octanol–water partition coefficient (Wildman–Crippen LogP) is 0.803. The molecule has 1 aliphatic rings. The summed E-state index contributed by atoms with van der Waals surface area (Å²) in [7, 11) is 1.60. The van der Waals surface area contributed by atoms with Gasteiger partial charge in [0.25, 0.3) is 6.01 Å². The van der Waals surface area contributed by atoms with Crippen molar-refractivity contribution >= 4 is 16.7 Å². The Morgan fingerprint density at radius 2 is 2.18 bits per heavy atom. The van der Waals surface area contributed by atoms with Gasteiger partial charge in [-0.05, 0) is 0 Å². The van der Waals surface area contributed by atoms with E-state index in [0.29, 0.717) is 6.01 Å². The summed E-state index contributed by atoms with van der Waals surface area (Å²) >= 11 is 0. The van der Waals surface area contributed by atoms with Gasteiger partial charge in [-0.25, -0.2) is 0 Å². The molecule has 3 heterocycles. The number of ether oxygens (including phenoxy) is 2. The number of nitrogens with zero attached hydrogens (tertiary/aromatic N) is 3. The fourth-order valence-corrected chi connectivity index (χ4v) is 2.03. The summed E-state index contributed by atoms with van der Waals surface area (Å²) in [5, 5.41) is 0. The molecule has 6 nitrogen and oxygen atoms in total. The van der Waals surface area contributed by atoms with Gasteiger partial charge >= 0.3 is 0 Å². The molecular weight excluding hydrogens is 220 g/mol. The van der Waals surface area contributed by atoms with Gasteiger partial charge in [0.1, 0.15) is 5.52 Å². The number of aromatic amines is 1. The fraction of sp³-hybridized carbons (Fsp3) is 0.455. The van der Waals surface area contributed by atoms with Crippen LogP contribution in [0.1, 0.15) is 0 Å². The summed E-state index contributed by atoms with van der Waals surface area (Å²) < 4.78 is 10.4. The Labute approximate surface area is 98.6 Å². The maximum Gasteiger partial charge on any atom is 0.294 e. The Kier molecular flexibility index (Phi) is 2.56. The van der Waals surface area contributed by atoms with E-state index in [4.69, 9.17) is 9.47 Å². The second-order valence-corrected chi connectivity index (χ2v) is 3.90. The third-order valence-corrected chi connectivity index (χ3v) is 2.90. The average molecular weight is 234 g/mol. The zero-order chi connectivity index (χ0) is 11.7. The Balaban J connectivity index is 2.05. The lowest BCUT2D eigenvalue weighted by atomic mass is 10.3. The van der Waals surface area contributed by atoms with Gasteiger partial charge in [0.05, 0.1) is 43.9 Å². The molecule has 0 aromatic carbocycles. The predicted molar refractivity (Wildman–Crippen MR) is 63.5 cm³/mol. The van der Waals surface area contributed by atoms with Crippen LogP contribution in [0.5, 0.6) is 6.01 Å². The van der Waals surface area contributed by atoms with Crippen molar-refractivity contribution in [1.29, 1.82) is 0 Å². The van der Waals surface area contributed by atoms with Gasteiger partial charge < -0.3 is 19.4 Å². The van der Waals surface area contributed by atoms with E-state index in [2.05, 4.69) is 19.9 Å². The van der Waals surface area contributed by atoms with Crippen LogP contribution in [0.2, 0.25) is 0 Å². The van der Waals surface area contributed by atoms with Crippen molar-refractivity contribution < 1.29 is 9.47 Å². The van der Waals surface area contributed by atoms with Crippen LogP contribution in [0, 0.1) is 0 Å². The van der Waals surface area contributed by atoms with Crippen molar-refractivity contribution in [2.24, 2.45) is 0 Å². The smallest absolute Gasteiger partial charge is 0.294 e. The van der Waals surface area contributed by atoms with Crippen LogP contribution in [-0.2, 0) is 4.74 Å². The van der Waals surface area contributed by atoms with Crippen molar-refractivity contribution in [3.8, 4) is 6.01 Å². The van der Waals surface area contributed by atoms with E-state index in [9.17, 15) is 0 Å². The van der Waals surface area contributed by atoms with Gasteiger partial charge in [-0.3, -0.25) is 4.98 Å². The zero-order valence-electron chi connectivity index (χ0n) is 9.64. The molecule has 0 unspecified atom stereocenters. The first-order valence-electron chi connectivity index (χ1n) is 5.59. The molecule has 0 radical (unpaired) electrons.